The number of anilines is 1. The highest BCUT2D eigenvalue weighted by Crippen LogP contribution is 2.37. The van der Waals surface area contributed by atoms with Crippen LogP contribution < -0.4 is 5.32 Å². The SMILES string of the molecule is CSc1ccc(C(=O)CCC(=O)OC(C)C(=O)Nc2ccc([N+](=O)[O-])cc2C(F)(F)F)cc1. The second-order valence-corrected chi connectivity index (χ2v) is 7.64. The number of thioether (sulfide) groups is 1. The highest BCUT2D eigenvalue weighted by atomic mass is 32.2. The summed E-state index contributed by atoms with van der Waals surface area (Å²) >= 11 is 1.51. The van der Waals surface area contributed by atoms with Crippen molar-refractivity contribution in [2.45, 2.75) is 36.9 Å². The number of ether oxygens (including phenoxy) is 1. The van der Waals surface area contributed by atoms with Gasteiger partial charge in [-0.25, -0.2) is 0 Å². The van der Waals surface area contributed by atoms with Crippen molar-refractivity contribution in [3.05, 3.63) is 63.7 Å². The van der Waals surface area contributed by atoms with E-state index in [9.17, 15) is 37.7 Å². The van der Waals surface area contributed by atoms with Crippen LogP contribution in [0.15, 0.2) is 47.4 Å². The molecule has 0 aliphatic rings. The number of nitro groups is 1. The molecule has 0 bridgehead atoms. The van der Waals surface area contributed by atoms with Gasteiger partial charge in [0.1, 0.15) is 0 Å². The first-order valence-corrected chi connectivity index (χ1v) is 10.7. The molecular formula is C21H19F3N2O6S. The lowest BCUT2D eigenvalue weighted by atomic mass is 10.1. The highest BCUT2D eigenvalue weighted by molar-refractivity contribution is 7.98. The van der Waals surface area contributed by atoms with Crippen LogP contribution in [0.25, 0.3) is 0 Å². The summed E-state index contributed by atoms with van der Waals surface area (Å²) in [4.78, 5) is 47.1. The minimum atomic E-state index is -4.97. The number of carbonyl (C=O) groups is 3. The fraction of sp³-hybridized carbons (Fsp3) is 0.286. The Labute approximate surface area is 190 Å². The summed E-state index contributed by atoms with van der Waals surface area (Å²) in [7, 11) is 0. The predicted molar refractivity (Wildman–Crippen MR) is 114 cm³/mol. The summed E-state index contributed by atoms with van der Waals surface area (Å²) in [5.74, 6) is -2.26. The quantitative estimate of drug-likeness (QED) is 0.177. The van der Waals surface area contributed by atoms with Gasteiger partial charge in [-0.3, -0.25) is 24.5 Å². The largest absolute Gasteiger partial charge is 0.453 e. The van der Waals surface area contributed by atoms with Crippen LogP contribution in [0.4, 0.5) is 24.5 Å². The average Bonchev–Trinajstić information content (AvgIpc) is 2.76. The van der Waals surface area contributed by atoms with Gasteiger partial charge in [0.2, 0.25) is 0 Å². The van der Waals surface area contributed by atoms with E-state index in [4.69, 9.17) is 4.74 Å². The van der Waals surface area contributed by atoms with E-state index in [1.807, 2.05) is 11.6 Å². The number of nitrogens with one attached hydrogen (secondary N) is 1. The van der Waals surface area contributed by atoms with Crippen molar-refractivity contribution < 1.29 is 37.2 Å². The van der Waals surface area contributed by atoms with E-state index in [2.05, 4.69) is 0 Å². The summed E-state index contributed by atoms with van der Waals surface area (Å²) in [6.07, 6.45) is -5.05. The zero-order chi connectivity index (χ0) is 24.8. The van der Waals surface area contributed by atoms with E-state index in [0.29, 0.717) is 11.6 Å². The van der Waals surface area contributed by atoms with Gasteiger partial charge in [0.25, 0.3) is 11.6 Å². The molecule has 2 aromatic rings. The van der Waals surface area contributed by atoms with Crippen LogP contribution in [-0.2, 0) is 20.5 Å². The Morgan fingerprint density at radius 2 is 1.76 bits per heavy atom. The summed E-state index contributed by atoms with van der Waals surface area (Å²) < 4.78 is 44.6. The van der Waals surface area contributed by atoms with Crippen LogP contribution in [0.3, 0.4) is 0 Å². The van der Waals surface area contributed by atoms with Crippen LogP contribution in [-0.4, -0.2) is 34.9 Å². The van der Waals surface area contributed by atoms with Crippen LogP contribution in [0, 0.1) is 10.1 Å². The van der Waals surface area contributed by atoms with E-state index in [1.54, 1.807) is 24.3 Å². The first kappa shape index (κ1) is 25.8. The van der Waals surface area contributed by atoms with Crippen molar-refractivity contribution in [1.29, 1.82) is 0 Å². The van der Waals surface area contributed by atoms with Gasteiger partial charge in [-0.1, -0.05) is 12.1 Å². The fourth-order valence-corrected chi connectivity index (χ4v) is 3.08. The van der Waals surface area contributed by atoms with Crippen LogP contribution in [0.1, 0.15) is 35.7 Å². The maximum Gasteiger partial charge on any atom is 0.418 e. The molecule has 1 amide bonds. The van der Waals surface area contributed by atoms with Crippen LogP contribution in [0.5, 0.6) is 0 Å². The Morgan fingerprint density at radius 1 is 1.12 bits per heavy atom. The normalized spacial score (nSPS) is 12.0. The van der Waals surface area contributed by atoms with Crippen molar-refractivity contribution in [2.75, 3.05) is 11.6 Å². The maximum absolute atomic E-state index is 13.2. The Bertz CT molecular complexity index is 1060. The number of carbonyl (C=O) groups excluding carboxylic acids is 3. The molecule has 0 saturated heterocycles. The second kappa shape index (κ2) is 10.9. The molecule has 1 unspecified atom stereocenters. The Hall–Kier alpha value is -3.41. The summed E-state index contributed by atoms with van der Waals surface area (Å²) in [6.45, 7) is 1.15. The number of Topliss-reactive ketones (excluding diaryl/α,β-unsaturated/α-hetero) is 1. The van der Waals surface area contributed by atoms with E-state index >= 15 is 0 Å². The number of rotatable bonds is 9. The number of hydrogen-bond donors (Lipinski definition) is 1. The lowest BCUT2D eigenvalue weighted by Crippen LogP contribution is -2.31. The molecule has 0 saturated carbocycles. The average molecular weight is 484 g/mol. The molecular weight excluding hydrogens is 465 g/mol. The number of benzene rings is 2. The number of nitrogens with zero attached hydrogens (tertiary/aromatic N) is 1. The molecule has 176 valence electrons. The zero-order valence-corrected chi connectivity index (χ0v) is 18.3. The van der Waals surface area contributed by atoms with Crippen molar-refractivity contribution in [3.63, 3.8) is 0 Å². The first-order chi connectivity index (χ1) is 15.4. The standard InChI is InChI=1S/C21H19F3N2O6S/c1-12(32-19(28)10-9-18(27)13-3-6-15(33-2)7-4-13)20(29)25-17-8-5-14(26(30)31)11-16(17)21(22,23)24/h3-8,11-12H,9-10H2,1-2H3,(H,25,29). The molecule has 1 N–H and O–H groups in total. The van der Waals surface area contributed by atoms with E-state index < -0.39 is 46.0 Å². The number of halogens is 3. The van der Waals surface area contributed by atoms with Gasteiger partial charge in [-0.15, -0.1) is 11.8 Å². The van der Waals surface area contributed by atoms with Crippen LogP contribution >= 0.6 is 11.8 Å². The van der Waals surface area contributed by atoms with Crippen molar-refractivity contribution in [2.24, 2.45) is 0 Å². The maximum atomic E-state index is 13.2. The highest BCUT2D eigenvalue weighted by Gasteiger charge is 2.36. The molecule has 1 atom stereocenters. The number of ketones is 1. The number of hydrogen-bond acceptors (Lipinski definition) is 7. The monoisotopic (exact) mass is 484 g/mol. The molecule has 33 heavy (non-hydrogen) atoms. The number of alkyl halides is 3. The fourth-order valence-electron chi connectivity index (χ4n) is 2.67. The van der Waals surface area contributed by atoms with E-state index in [-0.39, 0.29) is 18.6 Å². The molecule has 0 spiro atoms. The van der Waals surface area contributed by atoms with Crippen molar-refractivity contribution in [1.82, 2.24) is 0 Å². The van der Waals surface area contributed by atoms with Gasteiger partial charge in [-0.05, 0) is 31.4 Å². The number of non-ortho nitro benzene ring substituents is 1. The van der Waals surface area contributed by atoms with Gasteiger partial charge in [-0.2, -0.15) is 13.2 Å². The molecule has 0 aromatic heterocycles. The second-order valence-electron chi connectivity index (χ2n) is 6.76. The van der Waals surface area contributed by atoms with E-state index in [0.717, 1.165) is 24.0 Å². The minimum absolute atomic E-state index is 0.174. The van der Waals surface area contributed by atoms with Gasteiger partial charge in [0, 0.05) is 29.0 Å². The molecule has 0 heterocycles. The topological polar surface area (TPSA) is 116 Å². The smallest absolute Gasteiger partial charge is 0.418 e. The van der Waals surface area contributed by atoms with Crippen LogP contribution in [0.2, 0.25) is 0 Å². The number of nitro benzene ring substituents is 1. The summed E-state index contributed by atoms with van der Waals surface area (Å²) in [5, 5.41) is 12.7. The lowest BCUT2D eigenvalue weighted by Gasteiger charge is -2.16. The molecule has 0 fully saturated rings. The molecule has 0 aliphatic heterocycles. The number of amides is 1. The lowest BCUT2D eigenvalue weighted by molar-refractivity contribution is -0.385. The Kier molecular flexibility index (Phi) is 8.57. The van der Waals surface area contributed by atoms with Gasteiger partial charge in [0.05, 0.1) is 22.6 Å². The van der Waals surface area contributed by atoms with Crippen molar-refractivity contribution >= 4 is 40.8 Å². The number of esters is 1. The zero-order valence-electron chi connectivity index (χ0n) is 17.5. The third kappa shape index (κ3) is 7.31. The first-order valence-electron chi connectivity index (χ1n) is 9.45. The molecule has 12 heteroatoms. The van der Waals surface area contributed by atoms with E-state index in [1.165, 1.54) is 11.8 Å². The minimum Gasteiger partial charge on any atom is -0.453 e. The van der Waals surface area contributed by atoms with Gasteiger partial charge < -0.3 is 10.1 Å². The third-order valence-electron chi connectivity index (χ3n) is 4.42. The predicted octanol–water partition coefficient (Wildman–Crippen LogP) is 4.87. The van der Waals surface area contributed by atoms with Gasteiger partial charge >= 0.3 is 12.1 Å². The summed E-state index contributed by atoms with van der Waals surface area (Å²) in [5.41, 5.74) is -2.52. The molecule has 0 radical (unpaired) electrons. The van der Waals surface area contributed by atoms with Gasteiger partial charge in [0.15, 0.2) is 11.9 Å². The van der Waals surface area contributed by atoms with Crippen molar-refractivity contribution in [3.8, 4) is 0 Å². The molecule has 2 aromatic carbocycles. The molecule has 0 aliphatic carbocycles. The third-order valence-corrected chi connectivity index (χ3v) is 5.17. The Morgan fingerprint density at radius 3 is 2.30 bits per heavy atom. The molecule has 2 rings (SSSR count). The molecule has 8 nitrogen and oxygen atoms in total. The summed E-state index contributed by atoms with van der Waals surface area (Å²) in [6, 6.07) is 8.61. The Balaban J connectivity index is 1.96.